The normalized spacial score (nSPS) is 13.3. The molecule has 0 N–H and O–H groups in total. The van der Waals surface area contributed by atoms with E-state index in [0.29, 0.717) is 0 Å². The van der Waals surface area contributed by atoms with Gasteiger partial charge in [0.1, 0.15) is 0 Å². The molecule has 0 saturated heterocycles. The van der Waals surface area contributed by atoms with Crippen molar-refractivity contribution in [3.8, 4) is 44.5 Å². The molecule has 17 aromatic carbocycles. The molecule has 2 aliphatic carbocycles. The zero-order valence-corrected chi connectivity index (χ0v) is 55.9. The maximum absolute atomic E-state index is 2.56. The average Bonchev–Trinajstić information content (AvgIpc) is 1.48. The number of hydrogen-bond acceptors (Lipinski definition) is 0. The Kier molecular flexibility index (Phi) is 11.1. The van der Waals surface area contributed by atoms with Gasteiger partial charge in [0, 0.05) is 0 Å². The van der Waals surface area contributed by atoms with Crippen LogP contribution in [0.25, 0.3) is 152 Å². The van der Waals surface area contributed by atoms with Crippen molar-refractivity contribution in [2.75, 3.05) is 0 Å². The molecule has 0 unspecified atom stereocenters. The van der Waals surface area contributed by atoms with Crippen LogP contribution < -0.4 is 0 Å². The second kappa shape index (κ2) is 18.8. The molecule has 0 aliphatic heterocycles. The van der Waals surface area contributed by atoms with Gasteiger partial charge in [0.15, 0.2) is 0 Å². The molecular weight excluding hydrogens is 1130 g/mol. The summed E-state index contributed by atoms with van der Waals surface area (Å²) in [5, 5.41) is 36.4. The molecule has 0 atom stereocenters. The zero-order chi connectivity index (χ0) is 64.0. The summed E-state index contributed by atoms with van der Waals surface area (Å²) in [5.74, 6) is 0. The topological polar surface area (TPSA) is 0 Å². The lowest BCUT2D eigenvalue weighted by atomic mass is 9.77. The molecule has 0 radical (unpaired) electrons. The van der Waals surface area contributed by atoms with E-state index in [-0.39, 0.29) is 21.7 Å². The third kappa shape index (κ3) is 7.69. The van der Waals surface area contributed by atoms with Crippen molar-refractivity contribution in [2.24, 2.45) is 0 Å². The fraction of sp³-hybridized carbons (Fsp3) is 0.170. The van der Waals surface area contributed by atoms with Crippen LogP contribution >= 0.6 is 0 Å². The summed E-state index contributed by atoms with van der Waals surface area (Å²) in [5.41, 5.74) is 15.4. The first-order chi connectivity index (χ1) is 45.2. The third-order valence-corrected chi connectivity index (χ3v) is 22.1. The van der Waals surface area contributed by atoms with Crippen molar-refractivity contribution >= 4 is 108 Å². The van der Waals surface area contributed by atoms with E-state index in [2.05, 4.69) is 314 Å². The van der Waals surface area contributed by atoms with E-state index in [1.54, 1.807) is 0 Å². The molecule has 19 rings (SSSR count). The Hall–Kier alpha value is -10.1. The molecule has 0 nitrogen and oxygen atoms in total. The molecule has 0 fully saturated rings. The van der Waals surface area contributed by atoms with Crippen molar-refractivity contribution in [3.63, 3.8) is 0 Å². The van der Waals surface area contributed by atoms with E-state index in [4.69, 9.17) is 0 Å². The Morgan fingerprint density at radius 1 is 0.191 bits per heavy atom. The van der Waals surface area contributed by atoms with Gasteiger partial charge in [-0.05, 0) is 250 Å². The molecular formula is C94H74. The Morgan fingerprint density at radius 2 is 0.479 bits per heavy atom. The minimum absolute atomic E-state index is 0.0861. The van der Waals surface area contributed by atoms with E-state index in [1.165, 1.54) is 216 Å². The van der Waals surface area contributed by atoms with Crippen LogP contribution in [0.5, 0.6) is 0 Å². The van der Waals surface area contributed by atoms with E-state index >= 15 is 0 Å². The lowest BCUT2D eigenvalue weighted by molar-refractivity contribution is 0.568. The van der Waals surface area contributed by atoms with Crippen molar-refractivity contribution in [1.82, 2.24) is 0 Å². The molecule has 0 spiro atoms. The SMILES string of the molecule is CC(C)(C)c1cc(-c2c3c(c(-c4cc(C(C)(C)C)cc(C(C)(C)C)c4)c4ccccc24)=c2ccc4c5c(ccc=3c25)=c2c(-c3ccc5ccc6cccc7ccc3c5c67)c3cc5ccccc5cc3c(-c3ccc5ccc6cccc7ccc3c5c67)c2=4)cc(C(C)(C)C)c1. The van der Waals surface area contributed by atoms with Gasteiger partial charge in [0.05, 0.1) is 0 Å². The quantitative estimate of drug-likeness (QED) is 0.122. The summed E-state index contributed by atoms with van der Waals surface area (Å²) >= 11 is 0. The number of fused-ring (bicyclic) bond motifs is 5. The molecule has 0 bridgehead atoms. The molecule has 0 aromatic heterocycles. The zero-order valence-electron chi connectivity index (χ0n) is 55.9. The molecule has 0 heterocycles. The van der Waals surface area contributed by atoms with Crippen molar-refractivity contribution in [1.29, 1.82) is 0 Å². The fourth-order valence-electron chi connectivity index (χ4n) is 17.4. The van der Waals surface area contributed by atoms with Crippen molar-refractivity contribution in [3.05, 3.63) is 295 Å². The predicted octanol–water partition coefficient (Wildman–Crippen LogP) is 25.7. The molecule has 94 heavy (non-hydrogen) atoms. The highest BCUT2D eigenvalue weighted by atomic mass is 14.3. The van der Waals surface area contributed by atoms with Gasteiger partial charge in [-0.3, -0.25) is 0 Å². The largest absolute Gasteiger partial charge is 0.0616 e. The highest BCUT2D eigenvalue weighted by Gasteiger charge is 2.30. The summed E-state index contributed by atoms with van der Waals surface area (Å²) in [6.45, 7) is 28.6. The number of rotatable bonds is 4. The fourth-order valence-corrected chi connectivity index (χ4v) is 17.4. The third-order valence-electron chi connectivity index (χ3n) is 22.1. The Balaban J connectivity index is 1.09. The summed E-state index contributed by atoms with van der Waals surface area (Å²) in [7, 11) is 0. The van der Waals surface area contributed by atoms with Crippen LogP contribution in [0.2, 0.25) is 0 Å². The second-order valence-corrected chi connectivity index (χ2v) is 31.9. The standard InChI is InChI=1S/C94H74/c1-91(2,3)61-43-59(44-62(49-61)92(4,5)6)81-65-25-15-16-26-66(65)82(60-45-63(93(7,8)9)50-64(46-60)94(10,11)12)88-72-40-42-74-86-73(41-39-71(85(72)86)87(81)88)89-83(69-37-33-55-29-27-51-21-17-23-53-31-35-67(69)79(55)77(51)53)75-47-57-19-13-14-20-58(57)48-76(75)84(90(74)89)70-38-34-56-30-28-52-22-18-24-54-32-36-68(70)80(56)78(52)54/h13-50H,1-12H3. The van der Waals surface area contributed by atoms with E-state index < -0.39 is 0 Å². The van der Waals surface area contributed by atoms with Gasteiger partial charge in [0.25, 0.3) is 0 Å². The Morgan fingerprint density at radius 3 is 0.819 bits per heavy atom. The van der Waals surface area contributed by atoms with Crippen LogP contribution in [-0.4, -0.2) is 0 Å². The first-order valence-electron chi connectivity index (χ1n) is 34.0. The summed E-state index contributed by atoms with van der Waals surface area (Å²) in [4.78, 5) is 0. The smallest absolute Gasteiger partial charge is 0.000717 e. The van der Waals surface area contributed by atoms with Gasteiger partial charge >= 0.3 is 0 Å². The van der Waals surface area contributed by atoms with Crippen LogP contribution in [-0.2, 0) is 21.7 Å². The molecule has 17 aromatic rings. The molecule has 2 aliphatic rings. The van der Waals surface area contributed by atoms with Crippen LogP contribution in [0, 0.1) is 41.7 Å². The second-order valence-electron chi connectivity index (χ2n) is 31.9. The van der Waals surface area contributed by atoms with Crippen LogP contribution in [0.3, 0.4) is 0 Å². The predicted molar refractivity (Wildman–Crippen MR) is 404 cm³/mol. The molecule has 0 heteroatoms. The first kappa shape index (κ1) is 55.5. The summed E-state index contributed by atoms with van der Waals surface area (Å²) in [6, 6.07) is 91.3. The van der Waals surface area contributed by atoms with Gasteiger partial charge in [0.2, 0.25) is 0 Å². The maximum Gasteiger partial charge on any atom is -0.000717 e. The van der Waals surface area contributed by atoms with Crippen LogP contribution in [0.15, 0.2) is 231 Å². The number of hydrogen-bond donors (Lipinski definition) is 0. The molecule has 450 valence electrons. The van der Waals surface area contributed by atoms with Gasteiger partial charge in [-0.2, -0.15) is 0 Å². The Labute approximate surface area is 548 Å². The van der Waals surface area contributed by atoms with Crippen molar-refractivity contribution in [2.45, 2.75) is 105 Å². The van der Waals surface area contributed by atoms with E-state index in [9.17, 15) is 0 Å². The summed E-state index contributed by atoms with van der Waals surface area (Å²) in [6.07, 6.45) is 0. The average molecular weight is 1200 g/mol. The number of benzene rings is 17. The molecule has 0 saturated carbocycles. The summed E-state index contributed by atoms with van der Waals surface area (Å²) < 4.78 is 0. The highest BCUT2D eigenvalue weighted by molar-refractivity contribution is 6.29. The van der Waals surface area contributed by atoms with Gasteiger partial charge in [-0.25, -0.2) is 0 Å². The van der Waals surface area contributed by atoms with E-state index in [1.807, 2.05) is 0 Å². The minimum atomic E-state index is -0.0861. The maximum atomic E-state index is 2.56. The molecule has 0 amide bonds. The minimum Gasteiger partial charge on any atom is -0.0616 e. The van der Waals surface area contributed by atoms with Crippen LogP contribution in [0.4, 0.5) is 0 Å². The van der Waals surface area contributed by atoms with Crippen LogP contribution in [0.1, 0.15) is 105 Å². The van der Waals surface area contributed by atoms with Gasteiger partial charge < -0.3 is 0 Å². The lowest BCUT2D eigenvalue weighted by Gasteiger charge is -2.28. The highest BCUT2D eigenvalue weighted by Crippen LogP contribution is 2.52. The Bertz CT molecular complexity index is 6230. The van der Waals surface area contributed by atoms with Gasteiger partial charge in [-0.15, -0.1) is 0 Å². The van der Waals surface area contributed by atoms with Crippen molar-refractivity contribution < 1.29 is 0 Å². The van der Waals surface area contributed by atoms with E-state index in [0.717, 1.165) is 0 Å². The monoisotopic (exact) mass is 1200 g/mol. The lowest BCUT2D eigenvalue weighted by Crippen LogP contribution is -2.17. The first-order valence-corrected chi connectivity index (χ1v) is 34.0. The van der Waals surface area contributed by atoms with Gasteiger partial charge in [-0.1, -0.05) is 301 Å².